The molecule has 0 aliphatic carbocycles. The van der Waals surface area contributed by atoms with E-state index in [-0.39, 0.29) is 12.5 Å². The Labute approximate surface area is 138 Å². The number of nitrogens with one attached hydrogen (secondary N) is 2. The molecule has 22 heavy (non-hydrogen) atoms. The van der Waals surface area contributed by atoms with E-state index in [0.717, 1.165) is 10.6 Å². The summed E-state index contributed by atoms with van der Waals surface area (Å²) in [5.74, 6) is -0.241. The molecule has 0 fully saturated rings. The number of nitrogens with zero attached hydrogens (tertiary/aromatic N) is 1. The van der Waals surface area contributed by atoms with E-state index in [1.54, 1.807) is 30.0 Å². The first-order chi connectivity index (χ1) is 10.6. The van der Waals surface area contributed by atoms with Gasteiger partial charge >= 0.3 is 0 Å². The van der Waals surface area contributed by atoms with Gasteiger partial charge in [-0.15, -0.1) is 11.8 Å². The lowest BCUT2D eigenvalue weighted by Gasteiger charge is -2.11. The van der Waals surface area contributed by atoms with Crippen molar-refractivity contribution in [3.8, 4) is 6.07 Å². The molecule has 0 radical (unpaired) electrons. The van der Waals surface area contributed by atoms with Crippen molar-refractivity contribution in [1.82, 2.24) is 0 Å². The second kappa shape index (κ2) is 7.74. The van der Waals surface area contributed by atoms with Crippen molar-refractivity contribution in [3.63, 3.8) is 0 Å². The van der Waals surface area contributed by atoms with Crippen molar-refractivity contribution in [2.24, 2.45) is 0 Å². The van der Waals surface area contributed by atoms with Crippen LogP contribution in [-0.4, -0.2) is 18.7 Å². The molecule has 0 saturated heterocycles. The summed E-state index contributed by atoms with van der Waals surface area (Å²) in [6.07, 6.45) is 1.98. The van der Waals surface area contributed by atoms with Crippen LogP contribution in [0, 0.1) is 11.3 Å². The molecule has 0 atom stereocenters. The largest absolute Gasteiger partial charge is 0.375 e. The SMILES string of the molecule is CSc1ccccc1NCC(=O)Nc1cc(Cl)ccc1C#N. The first-order valence-electron chi connectivity index (χ1n) is 6.50. The Morgan fingerprint density at radius 2 is 2.05 bits per heavy atom. The van der Waals surface area contributed by atoms with Crippen molar-refractivity contribution in [1.29, 1.82) is 5.26 Å². The van der Waals surface area contributed by atoms with E-state index in [2.05, 4.69) is 10.6 Å². The molecule has 0 bridgehead atoms. The van der Waals surface area contributed by atoms with Gasteiger partial charge in [0.2, 0.25) is 5.91 Å². The fourth-order valence-corrected chi connectivity index (χ4v) is 2.62. The minimum absolute atomic E-state index is 0.106. The number of carbonyl (C=O) groups is 1. The molecule has 2 aromatic rings. The summed E-state index contributed by atoms with van der Waals surface area (Å²) in [6, 6.07) is 14.5. The van der Waals surface area contributed by atoms with E-state index in [9.17, 15) is 4.79 Å². The van der Waals surface area contributed by atoms with Gasteiger partial charge in [-0.05, 0) is 36.6 Å². The zero-order valence-corrected chi connectivity index (χ0v) is 13.5. The molecule has 1 amide bonds. The summed E-state index contributed by atoms with van der Waals surface area (Å²) < 4.78 is 0. The van der Waals surface area contributed by atoms with Gasteiger partial charge in [-0.3, -0.25) is 4.79 Å². The van der Waals surface area contributed by atoms with Crippen LogP contribution in [-0.2, 0) is 4.79 Å². The number of halogens is 1. The second-order valence-electron chi connectivity index (χ2n) is 4.40. The quantitative estimate of drug-likeness (QED) is 0.813. The predicted octanol–water partition coefficient (Wildman–Crippen LogP) is 3.98. The summed E-state index contributed by atoms with van der Waals surface area (Å²) in [4.78, 5) is 13.1. The zero-order chi connectivity index (χ0) is 15.9. The molecule has 0 aliphatic heterocycles. The lowest BCUT2D eigenvalue weighted by molar-refractivity contribution is -0.114. The van der Waals surface area contributed by atoms with Gasteiger partial charge in [-0.25, -0.2) is 0 Å². The van der Waals surface area contributed by atoms with Gasteiger partial charge < -0.3 is 10.6 Å². The highest BCUT2D eigenvalue weighted by atomic mass is 35.5. The molecule has 0 aromatic heterocycles. The number of anilines is 2. The highest BCUT2D eigenvalue weighted by Crippen LogP contribution is 2.24. The summed E-state index contributed by atoms with van der Waals surface area (Å²) in [7, 11) is 0. The van der Waals surface area contributed by atoms with Crippen LogP contribution in [0.5, 0.6) is 0 Å². The van der Waals surface area contributed by atoms with E-state index in [0.29, 0.717) is 16.3 Å². The normalized spacial score (nSPS) is 9.86. The number of hydrogen-bond donors (Lipinski definition) is 2. The molecule has 2 N–H and O–H groups in total. The Hall–Kier alpha value is -2.16. The van der Waals surface area contributed by atoms with Crippen LogP contribution < -0.4 is 10.6 Å². The van der Waals surface area contributed by atoms with Gasteiger partial charge in [0, 0.05) is 15.6 Å². The van der Waals surface area contributed by atoms with Gasteiger partial charge in [0.05, 0.1) is 17.8 Å². The van der Waals surface area contributed by atoms with Crippen LogP contribution in [0.25, 0.3) is 0 Å². The maximum absolute atomic E-state index is 12.0. The number of benzene rings is 2. The smallest absolute Gasteiger partial charge is 0.243 e. The monoisotopic (exact) mass is 331 g/mol. The van der Waals surface area contributed by atoms with Crippen LogP contribution in [0.2, 0.25) is 5.02 Å². The molecule has 0 spiro atoms. The highest BCUT2D eigenvalue weighted by Gasteiger charge is 2.08. The van der Waals surface area contributed by atoms with Crippen molar-refractivity contribution < 1.29 is 4.79 Å². The molecular formula is C16H14ClN3OS. The third kappa shape index (κ3) is 4.17. The van der Waals surface area contributed by atoms with Crippen LogP contribution in [0.1, 0.15) is 5.56 Å². The highest BCUT2D eigenvalue weighted by molar-refractivity contribution is 7.98. The minimum atomic E-state index is -0.241. The molecular weight excluding hydrogens is 318 g/mol. The number of carbonyl (C=O) groups excluding carboxylic acids is 1. The summed E-state index contributed by atoms with van der Waals surface area (Å²) in [5.41, 5.74) is 1.69. The summed E-state index contributed by atoms with van der Waals surface area (Å²) in [6.45, 7) is 0.106. The van der Waals surface area contributed by atoms with Crippen molar-refractivity contribution in [2.45, 2.75) is 4.90 Å². The fraction of sp³-hybridized carbons (Fsp3) is 0.125. The van der Waals surface area contributed by atoms with E-state index in [4.69, 9.17) is 16.9 Å². The van der Waals surface area contributed by atoms with E-state index in [1.807, 2.05) is 36.6 Å². The Balaban J connectivity index is 2.02. The maximum atomic E-state index is 12.0. The Morgan fingerprint density at radius 1 is 1.27 bits per heavy atom. The summed E-state index contributed by atoms with van der Waals surface area (Å²) in [5, 5.41) is 15.3. The van der Waals surface area contributed by atoms with Gasteiger partial charge in [0.15, 0.2) is 0 Å². The van der Waals surface area contributed by atoms with E-state index < -0.39 is 0 Å². The molecule has 6 heteroatoms. The minimum Gasteiger partial charge on any atom is -0.375 e. The number of para-hydroxylation sites is 1. The van der Waals surface area contributed by atoms with Crippen molar-refractivity contribution >= 4 is 40.6 Å². The number of thioether (sulfide) groups is 1. The number of amides is 1. The standard InChI is InChI=1S/C16H14ClN3OS/c1-22-15-5-3-2-4-13(15)19-10-16(21)20-14-8-12(17)7-6-11(14)9-18/h2-8,19H,10H2,1H3,(H,20,21). The first kappa shape index (κ1) is 16.2. The Kier molecular flexibility index (Phi) is 5.70. The number of nitriles is 1. The molecule has 2 aromatic carbocycles. The molecule has 0 heterocycles. The molecule has 2 rings (SSSR count). The second-order valence-corrected chi connectivity index (χ2v) is 5.69. The average Bonchev–Trinajstić information content (AvgIpc) is 2.53. The van der Waals surface area contributed by atoms with Gasteiger partial charge in [-0.1, -0.05) is 23.7 Å². The third-order valence-corrected chi connectivity index (χ3v) is 3.95. The summed E-state index contributed by atoms with van der Waals surface area (Å²) >= 11 is 7.50. The molecule has 112 valence electrons. The number of rotatable bonds is 5. The maximum Gasteiger partial charge on any atom is 0.243 e. The first-order valence-corrected chi connectivity index (χ1v) is 8.10. The van der Waals surface area contributed by atoms with Crippen LogP contribution >= 0.6 is 23.4 Å². The van der Waals surface area contributed by atoms with Gasteiger partial charge in [0.25, 0.3) is 0 Å². The molecule has 0 unspecified atom stereocenters. The predicted molar refractivity (Wildman–Crippen MR) is 91.5 cm³/mol. The number of hydrogen-bond acceptors (Lipinski definition) is 4. The van der Waals surface area contributed by atoms with E-state index >= 15 is 0 Å². The van der Waals surface area contributed by atoms with Crippen molar-refractivity contribution in [2.75, 3.05) is 23.4 Å². The van der Waals surface area contributed by atoms with Gasteiger partial charge in [-0.2, -0.15) is 5.26 Å². The lowest BCUT2D eigenvalue weighted by Crippen LogP contribution is -2.22. The third-order valence-electron chi connectivity index (χ3n) is 2.92. The molecule has 0 saturated carbocycles. The molecule has 4 nitrogen and oxygen atoms in total. The zero-order valence-electron chi connectivity index (χ0n) is 11.9. The Morgan fingerprint density at radius 3 is 2.77 bits per heavy atom. The topological polar surface area (TPSA) is 64.9 Å². The van der Waals surface area contributed by atoms with Crippen LogP contribution in [0.3, 0.4) is 0 Å². The van der Waals surface area contributed by atoms with Crippen LogP contribution in [0.15, 0.2) is 47.4 Å². The van der Waals surface area contributed by atoms with Gasteiger partial charge in [0.1, 0.15) is 6.07 Å². The molecule has 0 aliphatic rings. The lowest BCUT2D eigenvalue weighted by atomic mass is 10.2. The Bertz CT molecular complexity index is 728. The van der Waals surface area contributed by atoms with E-state index in [1.165, 1.54) is 0 Å². The average molecular weight is 332 g/mol. The van der Waals surface area contributed by atoms with Crippen LogP contribution in [0.4, 0.5) is 11.4 Å². The van der Waals surface area contributed by atoms with Crippen molar-refractivity contribution in [3.05, 3.63) is 53.1 Å². The fourth-order valence-electron chi connectivity index (χ4n) is 1.88.